The zero-order valence-electron chi connectivity index (χ0n) is 18.5. The van der Waals surface area contributed by atoms with Crippen LogP contribution in [-0.2, 0) is 4.79 Å². The molecule has 0 bridgehead atoms. The molecule has 4 rings (SSSR count). The van der Waals surface area contributed by atoms with Crippen LogP contribution in [0.15, 0.2) is 56.6 Å². The Morgan fingerprint density at radius 1 is 1.22 bits per heavy atom. The van der Waals surface area contributed by atoms with Crippen LogP contribution in [0.1, 0.15) is 34.5 Å². The van der Waals surface area contributed by atoms with Gasteiger partial charge >= 0.3 is 0 Å². The average molecular weight is 438 g/mol. The molecule has 8 heteroatoms. The number of hydrogen-bond donors (Lipinski definition) is 1. The van der Waals surface area contributed by atoms with E-state index in [2.05, 4.69) is 0 Å². The average Bonchev–Trinajstić information content (AvgIpc) is 3.45. The predicted molar refractivity (Wildman–Crippen MR) is 118 cm³/mol. The molecule has 0 aliphatic carbocycles. The summed E-state index contributed by atoms with van der Waals surface area (Å²) in [5.74, 6) is -0.170. The van der Waals surface area contributed by atoms with Gasteiger partial charge < -0.3 is 28.5 Å². The highest BCUT2D eigenvalue weighted by Gasteiger charge is 2.45. The number of hydrogen-bond acceptors (Lipinski definition) is 7. The Kier molecular flexibility index (Phi) is 5.80. The lowest BCUT2D eigenvalue weighted by Gasteiger charge is -2.25. The maximum absolute atomic E-state index is 13.5. The van der Waals surface area contributed by atoms with Gasteiger partial charge in [-0.25, -0.2) is 0 Å². The van der Waals surface area contributed by atoms with E-state index < -0.39 is 23.5 Å². The molecule has 1 aliphatic rings. The molecule has 0 radical (unpaired) electrons. The third kappa shape index (κ3) is 3.78. The maximum atomic E-state index is 13.5. The Balaban J connectivity index is 1.74. The van der Waals surface area contributed by atoms with E-state index in [-0.39, 0.29) is 11.3 Å². The van der Waals surface area contributed by atoms with Crippen LogP contribution < -0.4 is 4.74 Å². The molecule has 1 aromatic carbocycles. The van der Waals surface area contributed by atoms with Crippen molar-refractivity contribution in [2.45, 2.75) is 19.4 Å². The molecular formula is C24H26N2O6. The third-order valence-corrected chi connectivity index (χ3v) is 5.53. The van der Waals surface area contributed by atoms with Crippen molar-refractivity contribution < 1.29 is 28.3 Å². The molecule has 1 unspecified atom stereocenters. The zero-order chi connectivity index (χ0) is 23.0. The molecule has 168 valence electrons. The Morgan fingerprint density at radius 3 is 2.66 bits per heavy atom. The van der Waals surface area contributed by atoms with Gasteiger partial charge in [-0.05, 0) is 58.3 Å². The second-order valence-corrected chi connectivity index (χ2v) is 8.09. The SMILES string of the molecule is COc1cccc2cc(C(=O)C3=C(O)C(=O)N(CCCN(C)C)C3c3ccc(C)o3)oc12. The van der Waals surface area contributed by atoms with E-state index in [1.807, 2.05) is 19.0 Å². The predicted octanol–water partition coefficient (Wildman–Crippen LogP) is 3.87. The number of fused-ring (bicyclic) bond motifs is 1. The number of amides is 1. The highest BCUT2D eigenvalue weighted by Crippen LogP contribution is 2.40. The Hall–Kier alpha value is -3.52. The van der Waals surface area contributed by atoms with Gasteiger partial charge in [-0.3, -0.25) is 9.59 Å². The van der Waals surface area contributed by atoms with Gasteiger partial charge in [0.2, 0.25) is 5.78 Å². The van der Waals surface area contributed by atoms with E-state index in [1.165, 1.54) is 12.0 Å². The van der Waals surface area contributed by atoms with E-state index in [4.69, 9.17) is 13.6 Å². The second kappa shape index (κ2) is 8.55. The fraction of sp³-hybridized carbons (Fsp3) is 0.333. The highest BCUT2D eigenvalue weighted by atomic mass is 16.5. The van der Waals surface area contributed by atoms with Crippen molar-refractivity contribution in [3.8, 4) is 5.75 Å². The summed E-state index contributed by atoms with van der Waals surface area (Å²) in [6, 6.07) is 9.57. The Labute approximate surface area is 185 Å². The first-order valence-electron chi connectivity index (χ1n) is 10.4. The van der Waals surface area contributed by atoms with Gasteiger partial charge in [0.25, 0.3) is 5.91 Å². The van der Waals surface area contributed by atoms with E-state index in [0.717, 1.165) is 6.54 Å². The lowest BCUT2D eigenvalue weighted by molar-refractivity contribution is -0.129. The van der Waals surface area contributed by atoms with Crippen molar-refractivity contribution in [2.24, 2.45) is 0 Å². The van der Waals surface area contributed by atoms with E-state index >= 15 is 0 Å². The summed E-state index contributed by atoms with van der Waals surface area (Å²) >= 11 is 0. The zero-order valence-corrected chi connectivity index (χ0v) is 18.5. The van der Waals surface area contributed by atoms with Gasteiger partial charge in [0.1, 0.15) is 17.6 Å². The fourth-order valence-corrected chi connectivity index (χ4v) is 4.01. The van der Waals surface area contributed by atoms with Gasteiger partial charge in [0.15, 0.2) is 22.9 Å². The van der Waals surface area contributed by atoms with Crippen LogP contribution in [0.25, 0.3) is 11.0 Å². The van der Waals surface area contributed by atoms with Crippen LogP contribution in [0, 0.1) is 6.92 Å². The fourth-order valence-electron chi connectivity index (χ4n) is 4.01. The standard InChI is InChI=1S/C24H26N2O6/c1-14-9-10-16(31-14)20-19(22(28)24(29)26(20)12-6-11-25(2)3)21(27)18-13-15-7-5-8-17(30-4)23(15)32-18/h5,7-10,13,20,28H,6,11-12H2,1-4H3. The first-order chi connectivity index (χ1) is 15.3. The van der Waals surface area contributed by atoms with Crippen molar-refractivity contribution in [2.75, 3.05) is 34.3 Å². The number of aliphatic hydroxyl groups is 1. The van der Waals surface area contributed by atoms with Crippen LogP contribution in [0.2, 0.25) is 0 Å². The van der Waals surface area contributed by atoms with Crippen molar-refractivity contribution >= 4 is 22.7 Å². The molecule has 32 heavy (non-hydrogen) atoms. The normalized spacial score (nSPS) is 16.6. The van der Waals surface area contributed by atoms with E-state index in [9.17, 15) is 14.7 Å². The first-order valence-corrected chi connectivity index (χ1v) is 10.4. The molecule has 0 spiro atoms. The number of ether oxygens (including phenoxy) is 1. The maximum Gasteiger partial charge on any atom is 0.290 e. The number of Topliss-reactive ketones (excluding diaryl/α,β-unsaturated/α-hetero) is 1. The molecular weight excluding hydrogens is 412 g/mol. The topological polar surface area (TPSA) is 96.4 Å². The van der Waals surface area contributed by atoms with Crippen LogP contribution in [0.4, 0.5) is 0 Å². The number of ketones is 1. The quantitative estimate of drug-likeness (QED) is 0.533. The number of para-hydroxylation sites is 1. The number of benzene rings is 1. The molecule has 3 aromatic rings. The van der Waals surface area contributed by atoms with Gasteiger partial charge in [0, 0.05) is 11.9 Å². The summed E-state index contributed by atoms with van der Waals surface area (Å²) in [4.78, 5) is 29.9. The molecule has 3 heterocycles. The second-order valence-electron chi connectivity index (χ2n) is 8.09. The van der Waals surface area contributed by atoms with Crippen molar-refractivity contribution in [3.05, 3.63) is 65.0 Å². The van der Waals surface area contributed by atoms with Gasteiger partial charge in [0.05, 0.1) is 12.7 Å². The van der Waals surface area contributed by atoms with E-state index in [1.54, 1.807) is 43.3 Å². The summed E-state index contributed by atoms with van der Waals surface area (Å²) in [6.45, 7) is 2.89. The van der Waals surface area contributed by atoms with Crippen LogP contribution in [0.3, 0.4) is 0 Å². The van der Waals surface area contributed by atoms with Crippen LogP contribution in [0.5, 0.6) is 5.75 Å². The van der Waals surface area contributed by atoms with Gasteiger partial charge in [-0.15, -0.1) is 0 Å². The summed E-state index contributed by atoms with van der Waals surface area (Å²) in [5, 5.41) is 11.4. The molecule has 1 N–H and O–H groups in total. The molecule has 0 saturated carbocycles. The molecule has 1 aliphatic heterocycles. The number of rotatable bonds is 8. The lowest BCUT2D eigenvalue weighted by Crippen LogP contribution is -2.33. The number of carbonyl (C=O) groups excluding carboxylic acids is 2. The van der Waals surface area contributed by atoms with Gasteiger partial charge in [-0.2, -0.15) is 0 Å². The molecule has 1 atom stereocenters. The third-order valence-electron chi connectivity index (χ3n) is 5.53. The Bertz CT molecular complexity index is 1200. The van der Waals surface area contributed by atoms with Crippen LogP contribution >= 0.6 is 0 Å². The summed E-state index contributed by atoms with van der Waals surface area (Å²) in [5.41, 5.74) is 0.378. The smallest absolute Gasteiger partial charge is 0.290 e. The van der Waals surface area contributed by atoms with Crippen LogP contribution in [-0.4, -0.2) is 60.9 Å². The minimum absolute atomic E-state index is 0.0160. The number of methoxy groups -OCH3 is 1. The van der Waals surface area contributed by atoms with Crippen molar-refractivity contribution in [1.82, 2.24) is 9.80 Å². The van der Waals surface area contributed by atoms with Crippen molar-refractivity contribution in [1.29, 1.82) is 0 Å². The minimum atomic E-state index is -0.832. The molecule has 2 aromatic heterocycles. The first kappa shape index (κ1) is 21.7. The largest absolute Gasteiger partial charge is 0.503 e. The van der Waals surface area contributed by atoms with E-state index in [0.29, 0.717) is 41.2 Å². The lowest BCUT2D eigenvalue weighted by atomic mass is 9.99. The monoisotopic (exact) mass is 438 g/mol. The molecule has 0 saturated heterocycles. The minimum Gasteiger partial charge on any atom is -0.503 e. The summed E-state index contributed by atoms with van der Waals surface area (Å²) < 4.78 is 16.9. The Morgan fingerprint density at radius 2 is 2.00 bits per heavy atom. The van der Waals surface area contributed by atoms with Crippen molar-refractivity contribution in [3.63, 3.8) is 0 Å². The number of nitrogens with zero attached hydrogens (tertiary/aromatic N) is 2. The number of aryl methyl sites for hydroxylation is 1. The molecule has 8 nitrogen and oxygen atoms in total. The molecule has 1 amide bonds. The van der Waals surface area contributed by atoms with Gasteiger partial charge in [-0.1, -0.05) is 12.1 Å². The molecule has 0 fully saturated rings. The summed E-state index contributed by atoms with van der Waals surface area (Å²) in [7, 11) is 5.41. The number of aliphatic hydroxyl groups excluding tert-OH is 1. The number of furan rings is 2. The summed E-state index contributed by atoms with van der Waals surface area (Å²) in [6.07, 6.45) is 0.672. The number of carbonyl (C=O) groups is 2. The highest BCUT2D eigenvalue weighted by molar-refractivity contribution is 6.16.